The number of aliphatic hydroxyl groups excluding tert-OH is 1. The average molecular weight is 363 g/mol. The Kier molecular flexibility index (Phi) is 9.45. The number of ether oxygens (including phenoxy) is 1. The van der Waals surface area contributed by atoms with Crippen LogP contribution < -0.4 is 0 Å². The van der Waals surface area contributed by atoms with Gasteiger partial charge in [0.05, 0.1) is 12.2 Å². The summed E-state index contributed by atoms with van der Waals surface area (Å²) in [7, 11) is 0. The van der Waals surface area contributed by atoms with E-state index in [4.69, 9.17) is 9.84 Å². The molecule has 0 bridgehead atoms. The number of unbranched alkanes of at least 4 members (excludes halogenated alkanes) is 2. The normalized spacial score (nSPS) is 29.6. The van der Waals surface area contributed by atoms with Crippen molar-refractivity contribution in [2.24, 2.45) is 17.8 Å². The van der Waals surface area contributed by atoms with E-state index in [0.29, 0.717) is 5.92 Å². The van der Waals surface area contributed by atoms with Crippen LogP contribution >= 0.6 is 0 Å². The standard InChI is InChI=1S/C23H38O3/c1-3-4-5-6-19-7-9-20(10-8-19)11-12-21-13-15-22(16-14-21)26-23(25)18(2)17-24/h11-12,19-22,24H,2-10,13-17H2,1H3/b12-11+. The molecule has 0 heterocycles. The smallest absolute Gasteiger partial charge is 0.336 e. The lowest BCUT2D eigenvalue weighted by Gasteiger charge is -2.29. The number of aliphatic hydroxyl groups is 1. The Labute approximate surface area is 159 Å². The molecule has 0 radical (unpaired) electrons. The summed E-state index contributed by atoms with van der Waals surface area (Å²) in [6.07, 6.45) is 20.1. The first-order valence-corrected chi connectivity index (χ1v) is 10.8. The van der Waals surface area contributed by atoms with Crippen molar-refractivity contribution in [2.45, 2.75) is 90.1 Å². The molecule has 3 heteroatoms. The predicted molar refractivity (Wildman–Crippen MR) is 107 cm³/mol. The highest BCUT2D eigenvalue weighted by Crippen LogP contribution is 2.34. The number of carbonyl (C=O) groups is 1. The molecule has 148 valence electrons. The quantitative estimate of drug-likeness (QED) is 0.252. The first-order valence-electron chi connectivity index (χ1n) is 10.8. The van der Waals surface area contributed by atoms with Crippen LogP contribution in [0.15, 0.2) is 24.3 Å². The van der Waals surface area contributed by atoms with Gasteiger partial charge in [0.15, 0.2) is 0 Å². The van der Waals surface area contributed by atoms with E-state index in [1.165, 1.54) is 51.4 Å². The molecule has 2 aliphatic carbocycles. The summed E-state index contributed by atoms with van der Waals surface area (Å²) in [6.45, 7) is 5.49. The second-order valence-corrected chi connectivity index (χ2v) is 8.37. The fourth-order valence-corrected chi connectivity index (χ4v) is 4.36. The SMILES string of the molecule is C=C(CO)C(=O)OC1CCC(/C=C/C2CCC(CCCCC)CC2)CC1. The second-order valence-electron chi connectivity index (χ2n) is 8.37. The third-order valence-corrected chi connectivity index (χ3v) is 6.23. The Bertz CT molecular complexity index is 452. The molecule has 2 saturated carbocycles. The zero-order valence-electron chi connectivity index (χ0n) is 16.6. The largest absolute Gasteiger partial charge is 0.459 e. The number of hydrogen-bond acceptors (Lipinski definition) is 3. The number of carbonyl (C=O) groups excluding carboxylic acids is 1. The Morgan fingerprint density at radius 1 is 1.00 bits per heavy atom. The van der Waals surface area contributed by atoms with Crippen molar-refractivity contribution in [3.63, 3.8) is 0 Å². The van der Waals surface area contributed by atoms with Gasteiger partial charge in [0, 0.05) is 0 Å². The number of rotatable bonds is 9. The van der Waals surface area contributed by atoms with Crippen molar-refractivity contribution >= 4 is 5.97 Å². The number of hydrogen-bond donors (Lipinski definition) is 1. The van der Waals surface area contributed by atoms with Crippen LogP contribution in [0.2, 0.25) is 0 Å². The topological polar surface area (TPSA) is 46.5 Å². The first kappa shape index (κ1) is 21.2. The van der Waals surface area contributed by atoms with Crippen LogP contribution in [0.1, 0.15) is 84.0 Å². The monoisotopic (exact) mass is 362 g/mol. The third kappa shape index (κ3) is 7.26. The summed E-state index contributed by atoms with van der Waals surface area (Å²) in [6, 6.07) is 0. The van der Waals surface area contributed by atoms with Crippen molar-refractivity contribution in [3.05, 3.63) is 24.3 Å². The van der Waals surface area contributed by atoms with E-state index in [0.717, 1.165) is 37.5 Å². The van der Waals surface area contributed by atoms with Gasteiger partial charge in [0.2, 0.25) is 0 Å². The third-order valence-electron chi connectivity index (χ3n) is 6.23. The van der Waals surface area contributed by atoms with Gasteiger partial charge < -0.3 is 9.84 Å². The summed E-state index contributed by atoms with van der Waals surface area (Å²) in [5.41, 5.74) is 0.150. The highest BCUT2D eigenvalue weighted by molar-refractivity contribution is 5.88. The van der Waals surface area contributed by atoms with Crippen LogP contribution in [0.4, 0.5) is 0 Å². The van der Waals surface area contributed by atoms with Crippen molar-refractivity contribution < 1.29 is 14.6 Å². The van der Waals surface area contributed by atoms with E-state index < -0.39 is 5.97 Å². The van der Waals surface area contributed by atoms with E-state index in [1.54, 1.807) is 0 Å². The zero-order valence-corrected chi connectivity index (χ0v) is 16.6. The molecule has 3 nitrogen and oxygen atoms in total. The molecule has 0 unspecified atom stereocenters. The molecule has 2 aliphatic rings. The Balaban J connectivity index is 1.62. The molecule has 1 N–H and O–H groups in total. The molecule has 0 spiro atoms. The summed E-state index contributed by atoms with van der Waals surface area (Å²) in [5, 5.41) is 8.93. The van der Waals surface area contributed by atoms with Gasteiger partial charge in [-0.2, -0.15) is 0 Å². The summed E-state index contributed by atoms with van der Waals surface area (Å²) in [5.74, 6) is 1.95. The molecule has 2 fully saturated rings. The van der Waals surface area contributed by atoms with Gasteiger partial charge in [0.1, 0.15) is 6.10 Å². The van der Waals surface area contributed by atoms with Crippen molar-refractivity contribution in [3.8, 4) is 0 Å². The summed E-state index contributed by atoms with van der Waals surface area (Å²) < 4.78 is 5.42. The minimum Gasteiger partial charge on any atom is -0.459 e. The maximum absolute atomic E-state index is 11.7. The molecule has 0 aromatic rings. The maximum atomic E-state index is 11.7. The molecular formula is C23H38O3. The van der Waals surface area contributed by atoms with Gasteiger partial charge in [-0.3, -0.25) is 0 Å². The molecule has 0 atom stereocenters. The van der Waals surface area contributed by atoms with E-state index in [2.05, 4.69) is 25.7 Å². The molecule has 0 saturated heterocycles. The average Bonchev–Trinajstić information content (AvgIpc) is 2.68. The predicted octanol–water partition coefficient (Wildman–Crippen LogP) is 5.58. The van der Waals surface area contributed by atoms with Crippen LogP contribution in [0.3, 0.4) is 0 Å². The molecule has 0 aliphatic heterocycles. The maximum Gasteiger partial charge on any atom is 0.336 e. The minimum absolute atomic E-state index is 0.00555. The molecule has 0 amide bonds. The van der Waals surface area contributed by atoms with E-state index >= 15 is 0 Å². The van der Waals surface area contributed by atoms with Crippen LogP contribution in [0.5, 0.6) is 0 Å². The molecule has 2 rings (SSSR count). The first-order chi connectivity index (χ1) is 12.6. The number of esters is 1. The summed E-state index contributed by atoms with van der Waals surface area (Å²) in [4.78, 5) is 11.7. The Morgan fingerprint density at radius 2 is 1.58 bits per heavy atom. The second kappa shape index (κ2) is 11.6. The van der Waals surface area contributed by atoms with Gasteiger partial charge in [0.25, 0.3) is 0 Å². The van der Waals surface area contributed by atoms with Crippen molar-refractivity contribution in [2.75, 3.05) is 6.61 Å². The fraction of sp³-hybridized carbons (Fsp3) is 0.783. The lowest BCUT2D eigenvalue weighted by Crippen LogP contribution is -2.25. The highest BCUT2D eigenvalue weighted by Gasteiger charge is 2.24. The van der Waals surface area contributed by atoms with Gasteiger partial charge in [-0.15, -0.1) is 0 Å². The lowest BCUT2D eigenvalue weighted by molar-refractivity contribution is -0.146. The Hall–Kier alpha value is -1.09. The van der Waals surface area contributed by atoms with Crippen LogP contribution in [-0.4, -0.2) is 23.8 Å². The molecule has 0 aromatic carbocycles. The minimum atomic E-state index is -0.442. The number of allylic oxidation sites excluding steroid dienone is 2. The van der Waals surface area contributed by atoms with Gasteiger partial charge in [-0.05, 0) is 69.1 Å². The highest BCUT2D eigenvalue weighted by atomic mass is 16.5. The van der Waals surface area contributed by atoms with Gasteiger partial charge in [-0.25, -0.2) is 4.79 Å². The van der Waals surface area contributed by atoms with Crippen LogP contribution in [-0.2, 0) is 9.53 Å². The van der Waals surface area contributed by atoms with E-state index in [9.17, 15) is 4.79 Å². The lowest BCUT2D eigenvalue weighted by atomic mass is 9.78. The van der Waals surface area contributed by atoms with Crippen LogP contribution in [0.25, 0.3) is 0 Å². The molecule has 26 heavy (non-hydrogen) atoms. The Morgan fingerprint density at radius 3 is 2.12 bits per heavy atom. The van der Waals surface area contributed by atoms with E-state index in [1.807, 2.05) is 0 Å². The fourth-order valence-electron chi connectivity index (χ4n) is 4.36. The van der Waals surface area contributed by atoms with Crippen molar-refractivity contribution in [1.82, 2.24) is 0 Å². The van der Waals surface area contributed by atoms with Crippen molar-refractivity contribution in [1.29, 1.82) is 0 Å². The molecule has 0 aromatic heterocycles. The van der Waals surface area contributed by atoms with Gasteiger partial charge in [-0.1, -0.05) is 51.3 Å². The van der Waals surface area contributed by atoms with Gasteiger partial charge >= 0.3 is 5.97 Å². The summed E-state index contributed by atoms with van der Waals surface area (Å²) >= 11 is 0. The van der Waals surface area contributed by atoms with E-state index in [-0.39, 0.29) is 18.3 Å². The zero-order chi connectivity index (χ0) is 18.8. The molecular weight excluding hydrogens is 324 g/mol. The van der Waals surface area contributed by atoms with Crippen LogP contribution in [0, 0.1) is 17.8 Å².